The minimum atomic E-state index is 0.875. The molecule has 0 amide bonds. The highest BCUT2D eigenvalue weighted by Crippen LogP contribution is 2.49. The van der Waals surface area contributed by atoms with Crippen molar-refractivity contribution >= 4 is 71.1 Å². The van der Waals surface area contributed by atoms with Crippen molar-refractivity contribution in [1.82, 2.24) is 0 Å². The van der Waals surface area contributed by atoms with Gasteiger partial charge in [-0.15, -0.1) is 0 Å². The van der Waals surface area contributed by atoms with Gasteiger partial charge in [0.1, 0.15) is 11.3 Å². The molecule has 12 rings (SSSR count). The minimum Gasteiger partial charge on any atom is -0.455 e. The zero-order chi connectivity index (χ0) is 41.0. The Hall–Kier alpha value is -8.20. The Morgan fingerprint density at radius 2 is 0.726 bits per heavy atom. The minimum absolute atomic E-state index is 0.875. The van der Waals surface area contributed by atoms with Crippen molar-refractivity contribution < 1.29 is 4.42 Å². The molecule has 1 aromatic heterocycles. The molecule has 0 N–H and O–H groups in total. The second-order valence-corrected chi connectivity index (χ2v) is 16.1. The quantitative estimate of drug-likeness (QED) is 0.150. The van der Waals surface area contributed by atoms with Crippen LogP contribution >= 0.6 is 0 Å². The average Bonchev–Trinajstić information content (AvgIpc) is 3.76. The van der Waals surface area contributed by atoms with Gasteiger partial charge in [0.2, 0.25) is 0 Å². The normalized spacial score (nSPS) is 11.5. The average molecular weight is 790 g/mol. The van der Waals surface area contributed by atoms with Crippen LogP contribution < -0.4 is 4.90 Å². The van der Waals surface area contributed by atoms with Crippen molar-refractivity contribution in [3.05, 3.63) is 237 Å². The number of fused-ring (bicyclic) bond motifs is 8. The van der Waals surface area contributed by atoms with E-state index in [0.717, 1.165) is 61.3 Å². The Kier molecular flexibility index (Phi) is 8.53. The first-order valence-electron chi connectivity index (χ1n) is 21.2. The summed E-state index contributed by atoms with van der Waals surface area (Å²) in [7, 11) is 0. The number of benzene rings is 11. The van der Waals surface area contributed by atoms with E-state index in [1.165, 1.54) is 54.6 Å². The van der Waals surface area contributed by atoms with Gasteiger partial charge in [0.25, 0.3) is 0 Å². The van der Waals surface area contributed by atoms with Crippen LogP contribution in [0.25, 0.3) is 98.8 Å². The first kappa shape index (κ1) is 35.7. The molecular weight excluding hydrogens is 751 g/mol. The number of hydrogen-bond acceptors (Lipinski definition) is 2. The molecule has 0 radical (unpaired) electrons. The summed E-state index contributed by atoms with van der Waals surface area (Å²) in [5, 5.41) is 10.7. The SMILES string of the molecule is c1ccc(-c2oc3c4ccccc4c4ccc(N(c5ccc(-c6ccc7ccccc7c6)cc5)c5ccc(-c6ccc7ccccc7c6)cc5)cc4c3c2-c2ccccc2)cc1. The Morgan fingerprint density at radius 3 is 1.31 bits per heavy atom. The summed E-state index contributed by atoms with van der Waals surface area (Å²) < 4.78 is 7.08. The van der Waals surface area contributed by atoms with Crippen LogP contribution in [0.15, 0.2) is 241 Å². The monoisotopic (exact) mass is 789 g/mol. The van der Waals surface area contributed by atoms with Gasteiger partial charge in [0.15, 0.2) is 0 Å². The van der Waals surface area contributed by atoms with Crippen LogP contribution in [0.1, 0.15) is 0 Å². The van der Waals surface area contributed by atoms with E-state index >= 15 is 0 Å². The molecule has 0 aliphatic heterocycles. The van der Waals surface area contributed by atoms with Gasteiger partial charge in [-0.3, -0.25) is 0 Å². The highest BCUT2D eigenvalue weighted by Gasteiger charge is 2.24. The van der Waals surface area contributed by atoms with Crippen LogP contribution in [0, 0.1) is 0 Å². The summed E-state index contributed by atoms with van der Waals surface area (Å²) >= 11 is 0. The lowest BCUT2D eigenvalue weighted by Crippen LogP contribution is -2.10. The van der Waals surface area contributed by atoms with E-state index in [9.17, 15) is 0 Å². The van der Waals surface area contributed by atoms with Gasteiger partial charge in [0.05, 0.1) is 0 Å². The fraction of sp³-hybridized carbons (Fsp3) is 0. The molecule has 0 unspecified atom stereocenters. The molecule has 62 heavy (non-hydrogen) atoms. The maximum Gasteiger partial charge on any atom is 0.143 e. The van der Waals surface area contributed by atoms with Gasteiger partial charge in [-0.2, -0.15) is 0 Å². The predicted octanol–water partition coefficient (Wildman–Crippen LogP) is 17.2. The molecule has 0 saturated heterocycles. The van der Waals surface area contributed by atoms with Crippen molar-refractivity contribution in [2.24, 2.45) is 0 Å². The number of furan rings is 1. The lowest BCUT2D eigenvalue weighted by Gasteiger charge is -2.26. The Labute approximate surface area is 360 Å². The van der Waals surface area contributed by atoms with E-state index < -0.39 is 0 Å². The van der Waals surface area contributed by atoms with E-state index in [-0.39, 0.29) is 0 Å². The van der Waals surface area contributed by atoms with Gasteiger partial charge in [0, 0.05) is 39.0 Å². The highest BCUT2D eigenvalue weighted by molar-refractivity contribution is 6.29. The molecule has 0 bridgehead atoms. The molecule has 0 aliphatic carbocycles. The first-order chi connectivity index (χ1) is 30.7. The van der Waals surface area contributed by atoms with Crippen molar-refractivity contribution in [2.75, 3.05) is 4.90 Å². The van der Waals surface area contributed by atoms with Crippen molar-refractivity contribution in [2.45, 2.75) is 0 Å². The predicted molar refractivity (Wildman–Crippen MR) is 263 cm³/mol. The molecule has 290 valence electrons. The number of anilines is 3. The van der Waals surface area contributed by atoms with Gasteiger partial charge < -0.3 is 9.32 Å². The molecule has 1 heterocycles. The Bertz CT molecular complexity index is 3480. The van der Waals surface area contributed by atoms with E-state index in [1.54, 1.807) is 0 Å². The summed E-state index contributed by atoms with van der Waals surface area (Å²) in [5.41, 5.74) is 12.1. The Morgan fingerprint density at radius 1 is 0.274 bits per heavy atom. The van der Waals surface area contributed by atoms with Gasteiger partial charge in [-0.25, -0.2) is 0 Å². The van der Waals surface area contributed by atoms with E-state index in [1.807, 2.05) is 0 Å². The smallest absolute Gasteiger partial charge is 0.143 e. The van der Waals surface area contributed by atoms with Gasteiger partial charge >= 0.3 is 0 Å². The summed E-state index contributed by atoms with van der Waals surface area (Å²) in [6, 6.07) is 85.3. The molecule has 11 aromatic carbocycles. The fourth-order valence-electron chi connectivity index (χ4n) is 9.37. The highest BCUT2D eigenvalue weighted by atomic mass is 16.3. The second-order valence-electron chi connectivity index (χ2n) is 16.1. The maximum absolute atomic E-state index is 7.08. The van der Waals surface area contributed by atoms with E-state index in [2.05, 4.69) is 241 Å². The fourth-order valence-corrected chi connectivity index (χ4v) is 9.37. The van der Waals surface area contributed by atoms with Crippen LogP contribution in [0.4, 0.5) is 17.1 Å². The third-order valence-electron chi connectivity index (χ3n) is 12.4. The lowest BCUT2D eigenvalue weighted by molar-refractivity contribution is 0.636. The van der Waals surface area contributed by atoms with Gasteiger partial charge in [-0.1, -0.05) is 188 Å². The molecule has 12 aromatic rings. The topological polar surface area (TPSA) is 16.4 Å². The molecule has 2 heteroatoms. The molecule has 0 atom stereocenters. The third kappa shape index (κ3) is 6.12. The summed E-state index contributed by atoms with van der Waals surface area (Å²) in [6.07, 6.45) is 0. The van der Waals surface area contributed by atoms with E-state index in [0.29, 0.717) is 0 Å². The standard InChI is InChI=1S/C60H39NO/c1-3-15-44(16-4-1)57-58-56-39-52(35-36-54(56)53-21-11-12-22-55(53)60(58)62-59(57)45-17-5-2-6-18-45)61(50-31-27-42(28-32-50)48-25-23-40-13-7-9-19-46(40)37-48)51-33-29-43(30-34-51)49-26-24-41-14-8-10-20-47(41)38-49/h1-39H. The maximum atomic E-state index is 7.08. The van der Waals surface area contributed by atoms with Crippen LogP contribution in [0.2, 0.25) is 0 Å². The Balaban J connectivity index is 1.07. The first-order valence-corrected chi connectivity index (χ1v) is 21.2. The van der Waals surface area contributed by atoms with Gasteiger partial charge in [-0.05, 0) is 114 Å². The molecular formula is C60H39NO. The summed E-state index contributed by atoms with van der Waals surface area (Å²) in [4.78, 5) is 2.38. The molecule has 0 fully saturated rings. The van der Waals surface area contributed by atoms with Crippen molar-refractivity contribution in [3.63, 3.8) is 0 Å². The lowest BCUT2D eigenvalue weighted by atomic mass is 9.92. The number of nitrogens with zero attached hydrogens (tertiary/aromatic N) is 1. The van der Waals surface area contributed by atoms with Crippen LogP contribution in [0.5, 0.6) is 0 Å². The molecule has 0 aliphatic rings. The van der Waals surface area contributed by atoms with E-state index in [4.69, 9.17) is 4.42 Å². The summed E-state index contributed by atoms with van der Waals surface area (Å²) in [5.74, 6) is 0.875. The van der Waals surface area contributed by atoms with Crippen molar-refractivity contribution in [1.29, 1.82) is 0 Å². The van der Waals surface area contributed by atoms with Crippen LogP contribution in [0.3, 0.4) is 0 Å². The number of rotatable bonds is 7. The zero-order valence-corrected chi connectivity index (χ0v) is 33.9. The van der Waals surface area contributed by atoms with Crippen LogP contribution in [-0.4, -0.2) is 0 Å². The second kappa shape index (κ2) is 14.8. The third-order valence-corrected chi connectivity index (χ3v) is 12.4. The molecule has 2 nitrogen and oxygen atoms in total. The largest absolute Gasteiger partial charge is 0.455 e. The zero-order valence-electron chi connectivity index (χ0n) is 33.9. The summed E-state index contributed by atoms with van der Waals surface area (Å²) in [6.45, 7) is 0. The van der Waals surface area contributed by atoms with Crippen LogP contribution in [-0.2, 0) is 0 Å². The molecule has 0 saturated carbocycles. The number of hydrogen-bond donors (Lipinski definition) is 0. The van der Waals surface area contributed by atoms with Crippen molar-refractivity contribution in [3.8, 4) is 44.7 Å². The molecule has 0 spiro atoms.